The number of aromatic nitrogens is 2. The number of hydrogen-bond acceptors (Lipinski definition) is 5. The largest absolute Gasteiger partial charge is 0.480 e. The van der Waals surface area contributed by atoms with Crippen molar-refractivity contribution in [3.63, 3.8) is 0 Å². The SMILES string of the molecule is CS(=O)(=O)CCC(=O)Nc1cnn(CC(=O)O)c1. The third-order valence-corrected chi connectivity index (χ3v) is 2.86. The Morgan fingerprint density at radius 2 is 2.17 bits per heavy atom. The number of amides is 1. The van der Waals surface area contributed by atoms with E-state index >= 15 is 0 Å². The van der Waals surface area contributed by atoms with Gasteiger partial charge in [-0.05, 0) is 0 Å². The van der Waals surface area contributed by atoms with Gasteiger partial charge in [-0.1, -0.05) is 0 Å². The standard InChI is InChI=1S/C9H13N3O5S/c1-18(16,17)3-2-8(13)11-7-4-10-12(5-7)6-9(14)15/h4-5H,2-3,6H2,1H3,(H,11,13)(H,14,15). The minimum atomic E-state index is -3.18. The second-order valence-corrected chi connectivity index (χ2v) is 6.01. The zero-order valence-electron chi connectivity index (χ0n) is 9.66. The third-order valence-electron chi connectivity index (χ3n) is 1.91. The Morgan fingerprint density at radius 1 is 1.50 bits per heavy atom. The van der Waals surface area contributed by atoms with Crippen LogP contribution in [0.5, 0.6) is 0 Å². The van der Waals surface area contributed by atoms with Gasteiger partial charge >= 0.3 is 5.97 Å². The van der Waals surface area contributed by atoms with Gasteiger partial charge in [-0.2, -0.15) is 5.10 Å². The summed E-state index contributed by atoms with van der Waals surface area (Å²) in [5, 5.41) is 14.7. The number of carbonyl (C=O) groups excluding carboxylic acids is 1. The quantitative estimate of drug-likeness (QED) is 0.711. The van der Waals surface area contributed by atoms with Gasteiger partial charge in [-0.25, -0.2) is 8.42 Å². The number of anilines is 1. The fourth-order valence-electron chi connectivity index (χ4n) is 1.15. The Kier molecular flexibility index (Phi) is 4.43. The first-order valence-electron chi connectivity index (χ1n) is 4.98. The van der Waals surface area contributed by atoms with E-state index in [0.717, 1.165) is 10.9 Å². The van der Waals surface area contributed by atoms with Crippen molar-refractivity contribution in [1.29, 1.82) is 0 Å². The van der Waals surface area contributed by atoms with Crippen LogP contribution in [-0.4, -0.2) is 47.2 Å². The predicted octanol–water partition coefficient (Wildman–Crippen LogP) is -0.659. The van der Waals surface area contributed by atoms with Crippen molar-refractivity contribution < 1.29 is 23.1 Å². The zero-order valence-corrected chi connectivity index (χ0v) is 10.5. The normalized spacial score (nSPS) is 11.2. The molecule has 0 saturated heterocycles. The van der Waals surface area contributed by atoms with E-state index in [-0.39, 0.29) is 18.7 Å². The van der Waals surface area contributed by atoms with Gasteiger partial charge in [0.05, 0.1) is 17.6 Å². The van der Waals surface area contributed by atoms with Gasteiger partial charge in [-0.3, -0.25) is 14.3 Å². The summed E-state index contributed by atoms with van der Waals surface area (Å²) < 4.78 is 22.9. The molecule has 1 aromatic rings. The number of nitrogens with one attached hydrogen (secondary N) is 1. The molecule has 1 aromatic heterocycles. The van der Waals surface area contributed by atoms with Crippen LogP contribution in [0.25, 0.3) is 0 Å². The highest BCUT2D eigenvalue weighted by Gasteiger charge is 2.09. The number of hydrogen-bond donors (Lipinski definition) is 2. The van der Waals surface area contributed by atoms with E-state index in [1.807, 2.05) is 0 Å². The molecule has 9 heteroatoms. The van der Waals surface area contributed by atoms with Gasteiger partial charge in [0.1, 0.15) is 16.4 Å². The lowest BCUT2D eigenvalue weighted by atomic mass is 10.4. The molecule has 0 fully saturated rings. The molecule has 1 amide bonds. The molecule has 0 aliphatic heterocycles. The highest BCUT2D eigenvalue weighted by Crippen LogP contribution is 2.05. The monoisotopic (exact) mass is 275 g/mol. The van der Waals surface area contributed by atoms with Crippen molar-refractivity contribution in [3.8, 4) is 0 Å². The van der Waals surface area contributed by atoms with Gasteiger partial charge in [0, 0.05) is 18.9 Å². The fourth-order valence-corrected chi connectivity index (χ4v) is 1.71. The number of carbonyl (C=O) groups is 2. The van der Waals surface area contributed by atoms with Gasteiger partial charge < -0.3 is 10.4 Å². The molecular formula is C9H13N3O5S. The smallest absolute Gasteiger partial charge is 0.325 e. The lowest BCUT2D eigenvalue weighted by Gasteiger charge is -2.01. The Balaban J connectivity index is 2.49. The maximum atomic E-state index is 11.4. The van der Waals surface area contributed by atoms with Crippen LogP contribution < -0.4 is 5.32 Å². The van der Waals surface area contributed by atoms with Gasteiger partial charge in [0.25, 0.3) is 0 Å². The van der Waals surface area contributed by atoms with Crippen LogP contribution in [-0.2, 0) is 26.0 Å². The van der Waals surface area contributed by atoms with E-state index < -0.39 is 21.7 Å². The Morgan fingerprint density at radius 3 is 2.72 bits per heavy atom. The van der Waals surface area contributed by atoms with E-state index in [0.29, 0.717) is 5.69 Å². The van der Waals surface area contributed by atoms with Crippen LogP contribution in [0.4, 0.5) is 5.69 Å². The Hall–Kier alpha value is -1.90. The van der Waals surface area contributed by atoms with Gasteiger partial charge in [0.15, 0.2) is 0 Å². The predicted molar refractivity (Wildman–Crippen MR) is 62.8 cm³/mol. The van der Waals surface area contributed by atoms with Crippen LogP contribution in [0.2, 0.25) is 0 Å². The summed E-state index contributed by atoms with van der Waals surface area (Å²) in [5.41, 5.74) is 0.328. The second kappa shape index (κ2) is 5.63. The van der Waals surface area contributed by atoms with E-state index in [4.69, 9.17) is 5.11 Å². The molecule has 2 N–H and O–H groups in total. The number of sulfone groups is 1. The van der Waals surface area contributed by atoms with Crippen LogP contribution in [0, 0.1) is 0 Å². The molecule has 0 aromatic carbocycles. The minimum Gasteiger partial charge on any atom is -0.480 e. The maximum Gasteiger partial charge on any atom is 0.325 e. The lowest BCUT2D eigenvalue weighted by Crippen LogP contribution is -2.16. The molecule has 0 aliphatic rings. The van der Waals surface area contributed by atoms with Crippen molar-refractivity contribution >= 4 is 27.4 Å². The molecule has 0 spiro atoms. The van der Waals surface area contributed by atoms with Crippen LogP contribution in [0.1, 0.15) is 6.42 Å². The van der Waals surface area contributed by atoms with Crippen LogP contribution >= 0.6 is 0 Å². The number of carboxylic acid groups (broad SMARTS) is 1. The molecular weight excluding hydrogens is 262 g/mol. The summed E-state index contributed by atoms with van der Waals surface area (Å²) in [6, 6.07) is 0. The molecule has 0 bridgehead atoms. The highest BCUT2D eigenvalue weighted by atomic mass is 32.2. The minimum absolute atomic E-state index is 0.150. The summed E-state index contributed by atoms with van der Waals surface area (Å²) in [6.45, 7) is -0.306. The number of rotatable bonds is 6. The highest BCUT2D eigenvalue weighted by molar-refractivity contribution is 7.90. The van der Waals surface area contributed by atoms with E-state index in [2.05, 4.69) is 10.4 Å². The first-order chi connectivity index (χ1) is 8.26. The summed E-state index contributed by atoms with van der Waals surface area (Å²) >= 11 is 0. The Bertz CT molecular complexity index is 548. The lowest BCUT2D eigenvalue weighted by molar-refractivity contribution is -0.137. The molecule has 100 valence electrons. The second-order valence-electron chi connectivity index (χ2n) is 3.75. The molecule has 0 radical (unpaired) electrons. The van der Waals surface area contributed by atoms with Crippen LogP contribution in [0.3, 0.4) is 0 Å². The van der Waals surface area contributed by atoms with Gasteiger partial charge in [-0.15, -0.1) is 0 Å². The van der Waals surface area contributed by atoms with E-state index in [9.17, 15) is 18.0 Å². The number of nitrogens with zero attached hydrogens (tertiary/aromatic N) is 2. The Labute approximate surface area is 104 Å². The average Bonchev–Trinajstić information content (AvgIpc) is 2.60. The molecule has 0 unspecified atom stereocenters. The summed E-state index contributed by atoms with van der Waals surface area (Å²) in [6.07, 6.45) is 3.54. The van der Waals surface area contributed by atoms with Crippen LogP contribution in [0.15, 0.2) is 12.4 Å². The number of aliphatic carboxylic acids is 1. The van der Waals surface area contributed by atoms with E-state index in [1.54, 1.807) is 0 Å². The van der Waals surface area contributed by atoms with Crippen molar-refractivity contribution in [2.75, 3.05) is 17.3 Å². The zero-order chi connectivity index (χ0) is 13.8. The molecule has 0 saturated carbocycles. The maximum absolute atomic E-state index is 11.4. The fraction of sp³-hybridized carbons (Fsp3) is 0.444. The molecule has 8 nitrogen and oxygen atoms in total. The average molecular weight is 275 g/mol. The van der Waals surface area contributed by atoms with Crippen molar-refractivity contribution in [1.82, 2.24) is 9.78 Å². The number of carboxylic acids is 1. The van der Waals surface area contributed by atoms with Crippen molar-refractivity contribution in [2.45, 2.75) is 13.0 Å². The van der Waals surface area contributed by atoms with Gasteiger partial charge in [0.2, 0.25) is 5.91 Å². The molecule has 0 atom stereocenters. The first-order valence-corrected chi connectivity index (χ1v) is 7.04. The van der Waals surface area contributed by atoms with Crippen molar-refractivity contribution in [2.24, 2.45) is 0 Å². The molecule has 1 rings (SSSR count). The summed E-state index contributed by atoms with van der Waals surface area (Å²) in [4.78, 5) is 21.8. The molecule has 18 heavy (non-hydrogen) atoms. The molecule has 0 aliphatic carbocycles. The topological polar surface area (TPSA) is 118 Å². The summed E-state index contributed by atoms with van der Waals surface area (Å²) in [7, 11) is -3.18. The molecule has 1 heterocycles. The van der Waals surface area contributed by atoms with Crippen molar-refractivity contribution in [3.05, 3.63) is 12.4 Å². The van der Waals surface area contributed by atoms with E-state index in [1.165, 1.54) is 12.4 Å². The first kappa shape index (κ1) is 14.2. The third kappa shape index (κ3) is 5.43. The summed E-state index contributed by atoms with van der Waals surface area (Å²) in [5.74, 6) is -1.74.